The van der Waals surface area contributed by atoms with Gasteiger partial charge in [-0.25, -0.2) is 0 Å². The number of amides is 1. The van der Waals surface area contributed by atoms with Crippen LogP contribution in [0.3, 0.4) is 0 Å². The minimum Gasteiger partial charge on any atom is -0.361 e. The van der Waals surface area contributed by atoms with Crippen LogP contribution in [0.4, 0.5) is 0 Å². The van der Waals surface area contributed by atoms with E-state index in [1.54, 1.807) is 18.8 Å². The van der Waals surface area contributed by atoms with Crippen molar-refractivity contribution in [3.63, 3.8) is 0 Å². The van der Waals surface area contributed by atoms with E-state index >= 15 is 0 Å². The smallest absolute Gasteiger partial charge is 0.361 e. The summed E-state index contributed by atoms with van der Waals surface area (Å²) in [7, 11) is 1.65. The third-order valence-electron chi connectivity index (χ3n) is 1.79. The van der Waals surface area contributed by atoms with Crippen LogP contribution in [-0.4, -0.2) is 13.0 Å². The van der Waals surface area contributed by atoms with Crippen molar-refractivity contribution in [2.75, 3.05) is 7.05 Å². The topological polar surface area (TPSA) is 29.1 Å². The molecule has 4 heteroatoms. The van der Waals surface area contributed by atoms with Gasteiger partial charge in [0.1, 0.15) is 0 Å². The molecule has 2 nitrogen and oxygen atoms in total. The van der Waals surface area contributed by atoms with Gasteiger partial charge in [0.05, 0.1) is 0 Å². The van der Waals surface area contributed by atoms with Crippen molar-refractivity contribution < 1.29 is 23.7 Å². The van der Waals surface area contributed by atoms with E-state index in [0.29, 0.717) is 6.42 Å². The van der Waals surface area contributed by atoms with Crippen LogP contribution in [0.2, 0.25) is 0 Å². The molecule has 15 heavy (non-hydrogen) atoms. The molecule has 0 fully saturated rings. The largest absolute Gasteiger partial charge is 1.00 e. The van der Waals surface area contributed by atoms with Crippen LogP contribution in [0.15, 0.2) is 29.2 Å². The van der Waals surface area contributed by atoms with Crippen LogP contribution in [-0.2, 0) is 4.79 Å². The van der Waals surface area contributed by atoms with Crippen LogP contribution in [0, 0.1) is 12.7 Å². The first kappa shape index (κ1) is 14.6. The van der Waals surface area contributed by atoms with Gasteiger partial charge in [0.2, 0.25) is 0 Å². The average molecular weight is 215 g/mol. The Hall–Kier alpha value is -0.363. The molecule has 0 bridgehead atoms. The summed E-state index contributed by atoms with van der Waals surface area (Å²) in [5, 5.41) is 2.58. The Kier molecular flexibility index (Phi) is 7.68. The quantitative estimate of drug-likeness (QED) is 0.412. The van der Waals surface area contributed by atoms with E-state index in [9.17, 15) is 4.79 Å². The molecule has 1 N–H and O–H groups in total. The van der Waals surface area contributed by atoms with Crippen LogP contribution >= 0.6 is 11.8 Å². The summed E-state index contributed by atoms with van der Waals surface area (Å²) in [4.78, 5) is 12.1. The maximum Gasteiger partial charge on any atom is 1.00 e. The van der Waals surface area contributed by atoms with Crippen LogP contribution in [0.1, 0.15) is 12.0 Å². The Labute approximate surface area is 107 Å². The van der Waals surface area contributed by atoms with Crippen LogP contribution < -0.4 is 24.2 Å². The van der Waals surface area contributed by atoms with Crippen molar-refractivity contribution >= 4 is 17.7 Å². The summed E-state index contributed by atoms with van der Waals surface area (Å²) >= 11 is 1.59. The number of nitrogens with one attached hydrogen (secondary N) is 1. The number of hydrogen-bond donors (Lipinski definition) is 1. The molecule has 1 rings (SSSR count). The van der Waals surface area contributed by atoms with Crippen molar-refractivity contribution in [3.8, 4) is 0 Å². The summed E-state index contributed by atoms with van der Waals surface area (Å²) in [6.07, 6.45) is 0.453. The number of thioether (sulfide) groups is 1. The predicted molar refractivity (Wildman–Crippen MR) is 60.0 cm³/mol. The maximum atomic E-state index is 10.9. The van der Waals surface area contributed by atoms with Gasteiger partial charge in [-0.3, -0.25) is 10.5 Å². The average Bonchev–Trinajstić information content (AvgIpc) is 2.21. The molecular weight excluding hydrogens is 201 g/mol. The molecule has 0 saturated carbocycles. The number of carbonyl (C=O) groups is 1. The first-order chi connectivity index (χ1) is 6.72. The molecule has 1 aromatic rings. The summed E-state index contributed by atoms with van der Waals surface area (Å²) in [5.41, 5.74) is 1.25. The van der Waals surface area contributed by atoms with Crippen molar-refractivity contribution in [1.29, 1.82) is 0 Å². The van der Waals surface area contributed by atoms with Gasteiger partial charge in [0.25, 0.3) is 0 Å². The number of aryl methyl sites for hydroxylation is 1. The fourth-order valence-electron chi connectivity index (χ4n) is 0.932. The Balaban J connectivity index is 0.00000196. The molecule has 0 aliphatic rings. The summed E-state index contributed by atoms with van der Waals surface area (Å²) in [6, 6.07) is 8.24. The molecule has 1 amide bonds. The fraction of sp³-hybridized carbons (Fsp3) is 0.273. The zero-order valence-corrected chi connectivity index (χ0v) is 10.2. The number of rotatable bonds is 4. The van der Waals surface area contributed by atoms with Gasteiger partial charge in [-0.05, 0) is 11.8 Å². The van der Waals surface area contributed by atoms with E-state index < -0.39 is 0 Å². The predicted octanol–water partition coefficient (Wildman–Crippen LogP) is -0.611. The van der Waals surface area contributed by atoms with Gasteiger partial charge in [0.15, 0.2) is 5.91 Å². The normalized spacial score (nSPS) is 9.20. The van der Waals surface area contributed by atoms with Crippen molar-refractivity contribution in [3.05, 3.63) is 35.6 Å². The van der Waals surface area contributed by atoms with Crippen LogP contribution in [0.5, 0.6) is 0 Å². The van der Waals surface area contributed by atoms with Crippen molar-refractivity contribution in [2.45, 2.75) is 18.2 Å². The van der Waals surface area contributed by atoms with Gasteiger partial charge in [-0.1, -0.05) is 36.2 Å². The van der Waals surface area contributed by atoms with Crippen molar-refractivity contribution in [1.82, 2.24) is 5.32 Å². The Bertz CT molecular complexity index is 300. The number of carbonyl (C=O) groups excluding carboxylic acids is 1. The summed E-state index contributed by atoms with van der Waals surface area (Å²) < 4.78 is 0. The second-order valence-corrected chi connectivity index (χ2v) is 4.02. The number of benzene rings is 1. The molecule has 1 aromatic carbocycles. The van der Waals surface area contributed by atoms with Crippen molar-refractivity contribution in [2.24, 2.45) is 0 Å². The second kappa shape index (κ2) is 7.87. The molecule has 0 spiro atoms. The monoisotopic (exact) mass is 215 g/mol. The van der Waals surface area contributed by atoms with E-state index in [-0.39, 0.29) is 24.8 Å². The number of hydrogen-bond acceptors (Lipinski definition) is 2. The molecule has 0 aromatic heterocycles. The van der Waals surface area contributed by atoms with Gasteiger partial charge < -0.3 is 17.1 Å². The molecule has 0 aliphatic heterocycles. The Morgan fingerprint density at radius 3 is 2.53 bits per heavy atom. The van der Waals surface area contributed by atoms with E-state index in [4.69, 9.17) is 0 Å². The first-order valence-electron chi connectivity index (χ1n) is 4.48. The SMILES string of the molecule is CNC(=O)C[CH-]Sc1ccc(C)cc1.[Li+]. The molecule has 0 radical (unpaired) electrons. The fourth-order valence-corrected chi connectivity index (χ4v) is 1.65. The van der Waals surface area contributed by atoms with Gasteiger partial charge >= 0.3 is 18.9 Å². The van der Waals surface area contributed by atoms with Gasteiger partial charge in [-0.2, -0.15) is 0 Å². The molecule has 0 saturated heterocycles. The Morgan fingerprint density at radius 2 is 2.00 bits per heavy atom. The van der Waals surface area contributed by atoms with E-state index in [2.05, 4.69) is 36.5 Å². The molecule has 0 aliphatic carbocycles. The van der Waals surface area contributed by atoms with Gasteiger partial charge in [0, 0.05) is 7.05 Å². The zero-order chi connectivity index (χ0) is 10.4. The minimum absolute atomic E-state index is 0. The second-order valence-electron chi connectivity index (χ2n) is 2.97. The maximum absolute atomic E-state index is 10.9. The molecular formula is C11H14LiNOS. The molecule has 0 heterocycles. The third-order valence-corrected chi connectivity index (χ3v) is 2.67. The molecule has 0 atom stereocenters. The first-order valence-corrected chi connectivity index (χ1v) is 5.36. The van der Waals surface area contributed by atoms with E-state index in [1.807, 2.05) is 5.75 Å². The third kappa shape index (κ3) is 5.94. The Morgan fingerprint density at radius 1 is 1.40 bits per heavy atom. The molecule has 0 unspecified atom stereocenters. The van der Waals surface area contributed by atoms with Crippen LogP contribution in [0.25, 0.3) is 0 Å². The summed E-state index contributed by atoms with van der Waals surface area (Å²) in [6.45, 7) is 2.06. The standard InChI is InChI=1S/C11H14NOS.Li/c1-9-3-5-10(6-4-9)14-8-7-11(13)12-2;/h3-6,8H,7H2,1-2H3,(H,12,13);/q-1;+1. The summed E-state index contributed by atoms with van der Waals surface area (Å²) in [5.74, 6) is 1.95. The van der Waals surface area contributed by atoms with E-state index in [0.717, 1.165) is 0 Å². The molecule has 76 valence electrons. The van der Waals surface area contributed by atoms with Gasteiger partial charge in [-0.15, -0.1) is 0 Å². The zero-order valence-electron chi connectivity index (χ0n) is 9.41. The minimum atomic E-state index is 0. The van der Waals surface area contributed by atoms with E-state index in [1.165, 1.54) is 10.5 Å².